The van der Waals surface area contributed by atoms with E-state index in [0.29, 0.717) is 12.5 Å². The normalized spacial score (nSPS) is 21.5. The molecule has 0 heterocycles. The molecule has 21 heavy (non-hydrogen) atoms. The monoisotopic (exact) mass is 288 g/mol. The molecular weight excluding hydrogens is 260 g/mol. The lowest BCUT2D eigenvalue weighted by atomic mass is 9.91. The van der Waals surface area contributed by atoms with Crippen molar-refractivity contribution >= 4 is 5.71 Å². The molecule has 0 saturated heterocycles. The van der Waals surface area contributed by atoms with Crippen LogP contribution in [0.1, 0.15) is 37.7 Å². The van der Waals surface area contributed by atoms with Gasteiger partial charge in [0, 0.05) is 12.5 Å². The molecule has 116 valence electrons. The third-order valence-electron chi connectivity index (χ3n) is 4.09. The van der Waals surface area contributed by atoms with Gasteiger partial charge in [0.25, 0.3) is 0 Å². The van der Waals surface area contributed by atoms with Crippen molar-refractivity contribution in [3.63, 3.8) is 0 Å². The van der Waals surface area contributed by atoms with Gasteiger partial charge in [0.15, 0.2) is 0 Å². The van der Waals surface area contributed by atoms with Crippen LogP contribution < -0.4 is 0 Å². The summed E-state index contributed by atoms with van der Waals surface area (Å²) in [4.78, 5) is 7.67. The molecule has 1 unspecified atom stereocenters. The fourth-order valence-corrected chi connectivity index (χ4v) is 2.83. The minimum atomic E-state index is 0.550. The van der Waals surface area contributed by atoms with Gasteiger partial charge in [0.2, 0.25) is 0 Å². The first-order chi connectivity index (χ1) is 10.3. The van der Waals surface area contributed by atoms with Crippen molar-refractivity contribution in [2.75, 3.05) is 27.2 Å². The molecule has 0 aromatic heterocycles. The zero-order valence-corrected chi connectivity index (χ0v) is 13.4. The van der Waals surface area contributed by atoms with E-state index in [2.05, 4.69) is 54.5 Å². The summed E-state index contributed by atoms with van der Waals surface area (Å²) in [5.74, 6) is 0.550. The summed E-state index contributed by atoms with van der Waals surface area (Å²) < 4.78 is 0. The molecule has 0 radical (unpaired) electrons. The van der Waals surface area contributed by atoms with Gasteiger partial charge in [-0.2, -0.15) is 0 Å². The summed E-state index contributed by atoms with van der Waals surface area (Å²) in [5.41, 5.74) is 2.68. The second kappa shape index (κ2) is 8.83. The first-order valence-electron chi connectivity index (χ1n) is 8.13. The van der Waals surface area contributed by atoms with Crippen LogP contribution in [-0.4, -0.2) is 37.9 Å². The Bertz CT molecular complexity index is 428. The standard InChI is InChI=1S/C18H28N2O/c1-20(2)13-14-21-19-18-12-8-4-7-11-17(18)15-16-9-5-3-6-10-16/h3,5-6,9-10,17H,4,7-8,11-15H2,1-2H3/b19-18+. The molecule has 0 spiro atoms. The average Bonchev–Trinajstić information content (AvgIpc) is 2.70. The third-order valence-corrected chi connectivity index (χ3v) is 4.09. The van der Waals surface area contributed by atoms with Crippen molar-refractivity contribution in [2.45, 2.75) is 38.5 Å². The molecule has 1 saturated carbocycles. The van der Waals surface area contributed by atoms with Crippen LogP contribution in [0.2, 0.25) is 0 Å². The minimum Gasteiger partial charge on any atom is -0.394 e. The summed E-state index contributed by atoms with van der Waals surface area (Å²) in [6.07, 6.45) is 7.32. The van der Waals surface area contributed by atoms with Crippen molar-refractivity contribution in [3.8, 4) is 0 Å². The van der Waals surface area contributed by atoms with Gasteiger partial charge in [-0.25, -0.2) is 0 Å². The third kappa shape index (κ3) is 5.88. The van der Waals surface area contributed by atoms with Gasteiger partial charge in [0.05, 0.1) is 5.71 Å². The summed E-state index contributed by atoms with van der Waals surface area (Å²) in [5, 5.41) is 4.48. The van der Waals surface area contributed by atoms with Crippen LogP contribution in [0.3, 0.4) is 0 Å². The summed E-state index contributed by atoms with van der Waals surface area (Å²) >= 11 is 0. The van der Waals surface area contributed by atoms with Gasteiger partial charge in [-0.3, -0.25) is 0 Å². The van der Waals surface area contributed by atoms with Crippen LogP contribution in [0.15, 0.2) is 35.5 Å². The van der Waals surface area contributed by atoms with E-state index in [-0.39, 0.29) is 0 Å². The zero-order valence-electron chi connectivity index (χ0n) is 13.4. The fourth-order valence-electron chi connectivity index (χ4n) is 2.83. The maximum Gasteiger partial charge on any atom is 0.129 e. The second-order valence-electron chi connectivity index (χ2n) is 6.21. The number of rotatable bonds is 6. The Balaban J connectivity index is 1.95. The summed E-state index contributed by atoms with van der Waals surface area (Å²) in [7, 11) is 4.11. The summed E-state index contributed by atoms with van der Waals surface area (Å²) in [6, 6.07) is 10.8. The maximum atomic E-state index is 5.55. The molecule has 1 atom stereocenters. The van der Waals surface area contributed by atoms with Crippen molar-refractivity contribution < 1.29 is 4.84 Å². The fraction of sp³-hybridized carbons (Fsp3) is 0.611. The highest BCUT2D eigenvalue weighted by molar-refractivity contribution is 5.86. The number of benzene rings is 1. The van der Waals surface area contributed by atoms with Crippen LogP contribution in [-0.2, 0) is 11.3 Å². The quantitative estimate of drug-likeness (QED) is 0.452. The van der Waals surface area contributed by atoms with Crippen molar-refractivity contribution in [3.05, 3.63) is 35.9 Å². The molecule has 0 amide bonds. The Morgan fingerprint density at radius 3 is 2.71 bits per heavy atom. The average molecular weight is 288 g/mol. The highest BCUT2D eigenvalue weighted by atomic mass is 16.6. The lowest BCUT2D eigenvalue weighted by Gasteiger charge is -2.17. The zero-order chi connectivity index (χ0) is 14.9. The number of likely N-dealkylation sites (N-methyl/N-ethyl adjacent to an activating group) is 1. The van der Waals surface area contributed by atoms with Crippen LogP contribution in [0.5, 0.6) is 0 Å². The molecule has 3 heteroatoms. The topological polar surface area (TPSA) is 24.8 Å². The van der Waals surface area contributed by atoms with E-state index in [1.807, 2.05) is 0 Å². The molecule has 0 bridgehead atoms. The maximum absolute atomic E-state index is 5.55. The molecule has 2 rings (SSSR count). The molecule has 3 nitrogen and oxygen atoms in total. The van der Waals surface area contributed by atoms with E-state index >= 15 is 0 Å². The van der Waals surface area contributed by atoms with Crippen LogP contribution in [0.25, 0.3) is 0 Å². The summed E-state index contributed by atoms with van der Waals surface area (Å²) in [6.45, 7) is 1.59. The highest BCUT2D eigenvalue weighted by Gasteiger charge is 2.20. The molecule has 1 aliphatic rings. The smallest absolute Gasteiger partial charge is 0.129 e. The van der Waals surface area contributed by atoms with E-state index in [1.54, 1.807) is 0 Å². The molecule has 0 aliphatic heterocycles. The van der Waals surface area contributed by atoms with E-state index in [4.69, 9.17) is 4.84 Å². The number of hydrogen-bond acceptors (Lipinski definition) is 3. The highest BCUT2D eigenvalue weighted by Crippen LogP contribution is 2.24. The first-order valence-corrected chi connectivity index (χ1v) is 8.13. The van der Waals surface area contributed by atoms with Crippen molar-refractivity contribution in [1.82, 2.24) is 4.90 Å². The van der Waals surface area contributed by atoms with Gasteiger partial charge in [-0.15, -0.1) is 0 Å². The molecule has 1 fully saturated rings. The predicted molar refractivity (Wildman–Crippen MR) is 88.7 cm³/mol. The minimum absolute atomic E-state index is 0.550. The lowest BCUT2D eigenvalue weighted by molar-refractivity contribution is 0.124. The number of hydrogen-bond donors (Lipinski definition) is 0. The lowest BCUT2D eigenvalue weighted by Crippen LogP contribution is -2.19. The molecule has 0 N–H and O–H groups in total. The van der Waals surface area contributed by atoms with Crippen LogP contribution in [0.4, 0.5) is 0 Å². The van der Waals surface area contributed by atoms with E-state index in [9.17, 15) is 0 Å². The Labute approximate surface area is 129 Å². The van der Waals surface area contributed by atoms with Gasteiger partial charge in [-0.05, 0) is 45.3 Å². The van der Waals surface area contributed by atoms with E-state index < -0.39 is 0 Å². The second-order valence-corrected chi connectivity index (χ2v) is 6.21. The number of nitrogens with zero attached hydrogens (tertiary/aromatic N) is 2. The SMILES string of the molecule is CN(C)CCO/N=C1\CCCCCC1Cc1ccccc1. The number of oxime groups is 1. The van der Waals surface area contributed by atoms with E-state index in [0.717, 1.165) is 19.4 Å². The van der Waals surface area contributed by atoms with Crippen LogP contribution >= 0.6 is 0 Å². The first kappa shape index (κ1) is 16.0. The van der Waals surface area contributed by atoms with Crippen LogP contribution in [0, 0.1) is 5.92 Å². The van der Waals surface area contributed by atoms with E-state index in [1.165, 1.54) is 37.0 Å². The van der Waals surface area contributed by atoms with Gasteiger partial charge in [-0.1, -0.05) is 48.3 Å². The van der Waals surface area contributed by atoms with Gasteiger partial charge >= 0.3 is 0 Å². The Morgan fingerprint density at radius 2 is 1.95 bits per heavy atom. The van der Waals surface area contributed by atoms with Gasteiger partial charge in [0.1, 0.15) is 6.61 Å². The molecule has 1 aliphatic carbocycles. The van der Waals surface area contributed by atoms with Crippen molar-refractivity contribution in [1.29, 1.82) is 0 Å². The van der Waals surface area contributed by atoms with Gasteiger partial charge < -0.3 is 9.74 Å². The molecule has 1 aromatic rings. The Morgan fingerprint density at radius 1 is 1.14 bits per heavy atom. The molecular formula is C18H28N2O. The Kier molecular flexibility index (Phi) is 6.74. The predicted octanol–water partition coefficient (Wildman–Crippen LogP) is 3.74. The Hall–Kier alpha value is -1.35. The molecule has 1 aromatic carbocycles. The van der Waals surface area contributed by atoms with Crippen molar-refractivity contribution in [2.24, 2.45) is 11.1 Å². The largest absolute Gasteiger partial charge is 0.394 e.